The summed E-state index contributed by atoms with van der Waals surface area (Å²) in [6.45, 7) is 3.66. The highest BCUT2D eigenvalue weighted by Crippen LogP contribution is 2.25. The number of nitrogens with one attached hydrogen (secondary N) is 2. The number of benzene rings is 1. The molecule has 20 heavy (non-hydrogen) atoms. The Kier molecular flexibility index (Phi) is 5.13. The van der Waals surface area contributed by atoms with Crippen LogP contribution in [0, 0.1) is 0 Å². The number of carbonyl (C=O) groups is 1. The molecule has 0 radical (unpaired) electrons. The molecule has 6 nitrogen and oxygen atoms in total. The van der Waals surface area contributed by atoms with Crippen LogP contribution < -0.4 is 10.0 Å². The Morgan fingerprint density at radius 1 is 1.30 bits per heavy atom. The lowest BCUT2D eigenvalue weighted by Gasteiger charge is -2.28. The molecule has 0 atom stereocenters. The van der Waals surface area contributed by atoms with E-state index in [-0.39, 0.29) is 11.3 Å². The van der Waals surface area contributed by atoms with Gasteiger partial charge in [0.2, 0.25) is 10.0 Å². The van der Waals surface area contributed by atoms with Crippen LogP contribution in [-0.2, 0) is 14.8 Å². The number of carboxylic acid groups (broad SMARTS) is 1. The minimum absolute atomic E-state index is 0.0148. The van der Waals surface area contributed by atoms with Crippen LogP contribution >= 0.6 is 0 Å². The lowest BCUT2D eigenvalue weighted by atomic mass is 9.98. The second-order valence-electron chi connectivity index (χ2n) is 5.11. The van der Waals surface area contributed by atoms with Gasteiger partial charge in [-0.05, 0) is 39.4 Å². The molecule has 0 aliphatic carbocycles. The summed E-state index contributed by atoms with van der Waals surface area (Å²) in [6, 6.07) is 6.53. The van der Waals surface area contributed by atoms with Gasteiger partial charge in [0.15, 0.2) is 0 Å². The van der Waals surface area contributed by atoms with Gasteiger partial charge in [0.1, 0.15) is 4.90 Å². The zero-order valence-corrected chi connectivity index (χ0v) is 12.6. The summed E-state index contributed by atoms with van der Waals surface area (Å²) in [5.74, 6) is -0.879. The van der Waals surface area contributed by atoms with E-state index in [1.165, 1.54) is 13.1 Å². The minimum Gasteiger partial charge on any atom is -0.481 e. The van der Waals surface area contributed by atoms with Crippen molar-refractivity contribution in [2.75, 3.05) is 12.4 Å². The third-order valence-corrected chi connectivity index (χ3v) is 4.35. The highest BCUT2D eigenvalue weighted by atomic mass is 32.2. The van der Waals surface area contributed by atoms with E-state index in [0.717, 1.165) is 0 Å². The number of anilines is 1. The summed E-state index contributed by atoms with van der Waals surface area (Å²) in [4.78, 5) is 10.8. The van der Waals surface area contributed by atoms with Crippen LogP contribution in [0.1, 0.15) is 26.7 Å². The number of hydrogen-bond donors (Lipinski definition) is 3. The van der Waals surface area contributed by atoms with Gasteiger partial charge in [-0.1, -0.05) is 12.1 Å². The molecule has 0 saturated heterocycles. The van der Waals surface area contributed by atoms with Gasteiger partial charge < -0.3 is 10.4 Å². The summed E-state index contributed by atoms with van der Waals surface area (Å²) in [7, 11) is -2.21. The summed E-state index contributed by atoms with van der Waals surface area (Å²) < 4.78 is 26.1. The second-order valence-corrected chi connectivity index (χ2v) is 6.96. The number of para-hydroxylation sites is 1. The Morgan fingerprint density at radius 2 is 1.90 bits per heavy atom. The van der Waals surface area contributed by atoms with E-state index >= 15 is 0 Å². The zero-order chi connectivity index (χ0) is 15.4. The molecule has 3 N–H and O–H groups in total. The molecule has 0 fully saturated rings. The topological polar surface area (TPSA) is 95.5 Å². The Bertz CT molecular complexity index is 582. The molecule has 0 spiro atoms. The average molecular weight is 300 g/mol. The van der Waals surface area contributed by atoms with Gasteiger partial charge in [-0.3, -0.25) is 4.79 Å². The first-order valence-corrected chi connectivity index (χ1v) is 7.69. The van der Waals surface area contributed by atoms with Gasteiger partial charge in [0.05, 0.1) is 5.69 Å². The first-order chi connectivity index (χ1) is 9.18. The molecule has 1 aromatic carbocycles. The largest absolute Gasteiger partial charge is 0.481 e. The number of carboxylic acids is 1. The van der Waals surface area contributed by atoms with Crippen molar-refractivity contribution in [3.8, 4) is 0 Å². The lowest BCUT2D eigenvalue weighted by Crippen LogP contribution is -2.33. The number of rotatable bonds is 7. The summed E-state index contributed by atoms with van der Waals surface area (Å²) >= 11 is 0. The van der Waals surface area contributed by atoms with E-state index in [4.69, 9.17) is 5.11 Å². The van der Waals surface area contributed by atoms with Crippen LogP contribution in [0.15, 0.2) is 29.2 Å². The van der Waals surface area contributed by atoms with Crippen molar-refractivity contribution >= 4 is 21.7 Å². The Morgan fingerprint density at radius 3 is 2.45 bits per heavy atom. The standard InChI is InChI=1S/C13H20N2O4S/c1-13(2,9-8-12(16)17)15-10-6-4-5-7-11(10)20(18,19)14-3/h4-7,14-15H,8-9H2,1-3H3,(H,16,17). The van der Waals surface area contributed by atoms with Crippen molar-refractivity contribution in [3.63, 3.8) is 0 Å². The SMILES string of the molecule is CNS(=O)(=O)c1ccccc1NC(C)(C)CCC(=O)O. The van der Waals surface area contributed by atoms with Crippen molar-refractivity contribution in [3.05, 3.63) is 24.3 Å². The first kappa shape index (κ1) is 16.5. The molecule has 0 heterocycles. The van der Waals surface area contributed by atoms with Crippen molar-refractivity contribution in [2.45, 2.75) is 37.1 Å². The van der Waals surface area contributed by atoms with Crippen LogP contribution in [-0.4, -0.2) is 32.1 Å². The molecule has 0 saturated carbocycles. The van der Waals surface area contributed by atoms with Crippen molar-refractivity contribution in [1.82, 2.24) is 4.72 Å². The molecule has 0 aliphatic rings. The molecule has 0 amide bonds. The molecule has 112 valence electrons. The maximum Gasteiger partial charge on any atom is 0.303 e. The number of sulfonamides is 1. The summed E-state index contributed by atoms with van der Waals surface area (Å²) in [6.07, 6.45) is 0.400. The zero-order valence-electron chi connectivity index (χ0n) is 11.8. The van der Waals surface area contributed by atoms with Gasteiger partial charge in [0, 0.05) is 12.0 Å². The smallest absolute Gasteiger partial charge is 0.303 e. The third kappa shape index (κ3) is 4.50. The number of hydrogen-bond acceptors (Lipinski definition) is 4. The Labute approximate surface area is 119 Å². The van der Waals surface area contributed by atoms with Crippen LogP contribution in [0.5, 0.6) is 0 Å². The summed E-state index contributed by atoms with van der Waals surface area (Å²) in [5.41, 5.74) is -0.0742. The Hall–Kier alpha value is -1.60. The second kappa shape index (κ2) is 6.23. The van der Waals surface area contributed by atoms with Crippen LogP contribution in [0.3, 0.4) is 0 Å². The fourth-order valence-corrected chi connectivity index (χ4v) is 2.65. The monoisotopic (exact) mass is 300 g/mol. The quantitative estimate of drug-likeness (QED) is 0.711. The fraction of sp³-hybridized carbons (Fsp3) is 0.462. The highest BCUT2D eigenvalue weighted by Gasteiger charge is 2.23. The van der Waals surface area contributed by atoms with E-state index in [0.29, 0.717) is 12.1 Å². The molecular weight excluding hydrogens is 280 g/mol. The van der Waals surface area contributed by atoms with Gasteiger partial charge >= 0.3 is 5.97 Å². The number of aliphatic carboxylic acids is 1. The fourth-order valence-electron chi connectivity index (χ4n) is 1.76. The van der Waals surface area contributed by atoms with Crippen molar-refractivity contribution in [2.24, 2.45) is 0 Å². The van der Waals surface area contributed by atoms with Crippen LogP contribution in [0.4, 0.5) is 5.69 Å². The van der Waals surface area contributed by atoms with E-state index in [1.54, 1.807) is 18.2 Å². The lowest BCUT2D eigenvalue weighted by molar-refractivity contribution is -0.137. The molecule has 0 aromatic heterocycles. The Balaban J connectivity index is 3.01. The van der Waals surface area contributed by atoms with E-state index in [1.807, 2.05) is 13.8 Å². The van der Waals surface area contributed by atoms with E-state index in [9.17, 15) is 13.2 Å². The van der Waals surface area contributed by atoms with Crippen LogP contribution in [0.25, 0.3) is 0 Å². The predicted octanol–water partition coefficient (Wildman–Crippen LogP) is 1.65. The molecule has 1 aromatic rings. The molecule has 0 unspecified atom stereocenters. The summed E-state index contributed by atoms with van der Waals surface area (Å²) in [5, 5.41) is 11.8. The molecule has 1 rings (SSSR count). The minimum atomic E-state index is -3.56. The average Bonchev–Trinajstić information content (AvgIpc) is 2.36. The van der Waals surface area contributed by atoms with Gasteiger partial charge in [-0.25, -0.2) is 13.1 Å². The van der Waals surface area contributed by atoms with Crippen LogP contribution in [0.2, 0.25) is 0 Å². The van der Waals surface area contributed by atoms with E-state index < -0.39 is 21.5 Å². The molecular formula is C13H20N2O4S. The van der Waals surface area contributed by atoms with E-state index in [2.05, 4.69) is 10.0 Å². The van der Waals surface area contributed by atoms with Crippen molar-refractivity contribution < 1.29 is 18.3 Å². The maximum atomic E-state index is 11.9. The van der Waals surface area contributed by atoms with Crippen molar-refractivity contribution in [1.29, 1.82) is 0 Å². The normalized spacial score (nSPS) is 12.2. The molecule has 7 heteroatoms. The maximum absolute atomic E-state index is 11.9. The molecule has 0 aliphatic heterocycles. The third-order valence-electron chi connectivity index (χ3n) is 2.88. The highest BCUT2D eigenvalue weighted by molar-refractivity contribution is 7.89. The van der Waals surface area contributed by atoms with Gasteiger partial charge in [-0.15, -0.1) is 0 Å². The predicted molar refractivity (Wildman–Crippen MR) is 77.3 cm³/mol. The first-order valence-electron chi connectivity index (χ1n) is 6.20. The molecule has 0 bridgehead atoms. The van der Waals surface area contributed by atoms with Gasteiger partial charge in [0.25, 0.3) is 0 Å². The van der Waals surface area contributed by atoms with Gasteiger partial charge in [-0.2, -0.15) is 0 Å².